The number of carbonyl (C=O) groups is 2. The summed E-state index contributed by atoms with van der Waals surface area (Å²) in [7, 11) is 1.62. The summed E-state index contributed by atoms with van der Waals surface area (Å²) < 4.78 is 0. The summed E-state index contributed by atoms with van der Waals surface area (Å²) in [6, 6.07) is 13.8. The predicted molar refractivity (Wildman–Crippen MR) is 72.7 cm³/mol. The van der Waals surface area contributed by atoms with E-state index in [0.29, 0.717) is 6.54 Å². The van der Waals surface area contributed by atoms with Gasteiger partial charge in [-0.1, -0.05) is 42.5 Å². The molecular weight excluding hydrogens is 242 g/mol. The first-order valence-electron chi connectivity index (χ1n) is 6.00. The smallest absolute Gasteiger partial charge is 0.312 e. The Balaban J connectivity index is 2.21. The highest BCUT2D eigenvalue weighted by atomic mass is 16.4. The fourth-order valence-corrected chi connectivity index (χ4v) is 2.04. The molecule has 4 nitrogen and oxygen atoms in total. The number of hydrogen-bond donors (Lipinski definition) is 1. The maximum atomic E-state index is 11.6. The second-order valence-corrected chi connectivity index (χ2v) is 4.46. The summed E-state index contributed by atoms with van der Waals surface area (Å²) >= 11 is 0. The molecule has 1 amide bonds. The molecule has 0 radical (unpaired) electrons. The van der Waals surface area contributed by atoms with Gasteiger partial charge in [0.25, 0.3) is 0 Å². The van der Waals surface area contributed by atoms with Crippen LogP contribution >= 0.6 is 0 Å². The molecule has 1 N–H and O–H groups in total. The van der Waals surface area contributed by atoms with E-state index in [9.17, 15) is 9.59 Å². The topological polar surface area (TPSA) is 57.6 Å². The lowest BCUT2D eigenvalue weighted by atomic mass is 10.0. The number of amides is 1. The van der Waals surface area contributed by atoms with Crippen molar-refractivity contribution >= 4 is 22.6 Å². The van der Waals surface area contributed by atoms with Crippen molar-refractivity contribution in [2.75, 3.05) is 7.05 Å². The molecule has 2 aromatic rings. The van der Waals surface area contributed by atoms with Gasteiger partial charge in [0.15, 0.2) is 0 Å². The van der Waals surface area contributed by atoms with Crippen molar-refractivity contribution in [2.45, 2.75) is 13.0 Å². The molecule has 0 unspecified atom stereocenters. The minimum absolute atomic E-state index is 0.388. The number of hydrogen-bond acceptors (Lipinski definition) is 2. The van der Waals surface area contributed by atoms with Crippen LogP contribution in [0.4, 0.5) is 0 Å². The minimum Gasteiger partial charge on any atom is -0.481 e. The van der Waals surface area contributed by atoms with Crippen LogP contribution in [0.25, 0.3) is 10.8 Å². The van der Waals surface area contributed by atoms with Crippen LogP contribution in [0.1, 0.15) is 12.0 Å². The molecule has 0 aliphatic rings. The lowest BCUT2D eigenvalue weighted by molar-refractivity contribution is -0.143. The quantitative estimate of drug-likeness (QED) is 0.855. The van der Waals surface area contributed by atoms with Crippen LogP contribution in [0.3, 0.4) is 0 Å². The molecule has 0 saturated carbocycles. The maximum absolute atomic E-state index is 11.6. The number of aliphatic carboxylic acids is 1. The van der Waals surface area contributed by atoms with Gasteiger partial charge in [-0.25, -0.2) is 0 Å². The van der Waals surface area contributed by atoms with Gasteiger partial charge in [-0.2, -0.15) is 0 Å². The molecule has 19 heavy (non-hydrogen) atoms. The van der Waals surface area contributed by atoms with Gasteiger partial charge in [-0.3, -0.25) is 9.59 Å². The summed E-state index contributed by atoms with van der Waals surface area (Å²) in [5.41, 5.74) is 1.01. The van der Waals surface area contributed by atoms with Gasteiger partial charge < -0.3 is 10.0 Å². The van der Waals surface area contributed by atoms with Crippen LogP contribution < -0.4 is 0 Å². The second-order valence-electron chi connectivity index (χ2n) is 4.46. The van der Waals surface area contributed by atoms with Gasteiger partial charge in [0.1, 0.15) is 6.42 Å². The zero-order valence-corrected chi connectivity index (χ0v) is 10.7. The van der Waals surface area contributed by atoms with E-state index in [4.69, 9.17) is 5.11 Å². The van der Waals surface area contributed by atoms with Gasteiger partial charge in [0.2, 0.25) is 5.91 Å². The molecule has 0 heterocycles. The summed E-state index contributed by atoms with van der Waals surface area (Å²) in [4.78, 5) is 23.6. The number of carbonyl (C=O) groups excluding carboxylic acids is 1. The number of fused-ring (bicyclic) bond motifs is 1. The Morgan fingerprint density at radius 2 is 1.79 bits per heavy atom. The van der Waals surface area contributed by atoms with Crippen LogP contribution in [0.15, 0.2) is 42.5 Å². The molecule has 4 heteroatoms. The normalized spacial score (nSPS) is 10.4. The Labute approximate surface area is 111 Å². The number of nitrogens with zero attached hydrogens (tertiary/aromatic N) is 1. The van der Waals surface area contributed by atoms with Crippen LogP contribution in [0.2, 0.25) is 0 Å². The van der Waals surface area contributed by atoms with E-state index in [-0.39, 0.29) is 5.91 Å². The SMILES string of the molecule is CN(Cc1cccc2ccccc12)C(=O)CC(=O)O. The first kappa shape index (κ1) is 13.1. The molecule has 0 spiro atoms. The highest BCUT2D eigenvalue weighted by Crippen LogP contribution is 2.19. The van der Waals surface area contributed by atoms with Crippen LogP contribution in [-0.2, 0) is 16.1 Å². The number of carboxylic acids is 1. The van der Waals surface area contributed by atoms with Gasteiger partial charge in [-0.15, -0.1) is 0 Å². The molecule has 0 aromatic heterocycles. The zero-order chi connectivity index (χ0) is 13.8. The Bertz CT molecular complexity index is 616. The molecule has 0 fully saturated rings. The lowest BCUT2D eigenvalue weighted by Crippen LogP contribution is -2.28. The number of carboxylic acid groups (broad SMARTS) is 1. The van der Waals surface area contributed by atoms with Crippen molar-refractivity contribution in [3.63, 3.8) is 0 Å². The standard InChI is InChI=1S/C15H15NO3/c1-16(14(17)9-15(18)19)10-12-7-4-6-11-5-2-3-8-13(11)12/h2-8H,9-10H2,1H3,(H,18,19). The first-order chi connectivity index (χ1) is 9.08. The summed E-state index contributed by atoms with van der Waals surface area (Å²) in [5, 5.41) is 10.8. The summed E-state index contributed by atoms with van der Waals surface area (Å²) in [6.07, 6.45) is -0.471. The van der Waals surface area contributed by atoms with E-state index < -0.39 is 12.4 Å². The van der Waals surface area contributed by atoms with E-state index in [1.165, 1.54) is 4.90 Å². The third kappa shape index (κ3) is 3.10. The molecule has 2 rings (SSSR count). The van der Waals surface area contributed by atoms with Crippen molar-refractivity contribution in [1.82, 2.24) is 4.90 Å². The predicted octanol–water partition coefficient (Wildman–Crippen LogP) is 2.27. The van der Waals surface area contributed by atoms with Crippen molar-refractivity contribution in [3.8, 4) is 0 Å². The summed E-state index contributed by atoms with van der Waals surface area (Å²) in [5.74, 6) is -1.49. The fraction of sp³-hybridized carbons (Fsp3) is 0.200. The van der Waals surface area contributed by atoms with Gasteiger partial charge in [0.05, 0.1) is 0 Å². The van der Waals surface area contributed by atoms with Gasteiger partial charge in [-0.05, 0) is 16.3 Å². The average molecular weight is 257 g/mol. The highest BCUT2D eigenvalue weighted by Gasteiger charge is 2.14. The van der Waals surface area contributed by atoms with Crippen molar-refractivity contribution in [1.29, 1.82) is 0 Å². The van der Waals surface area contributed by atoms with E-state index in [2.05, 4.69) is 0 Å². The number of benzene rings is 2. The zero-order valence-electron chi connectivity index (χ0n) is 10.7. The van der Waals surface area contributed by atoms with Crippen molar-refractivity contribution < 1.29 is 14.7 Å². The van der Waals surface area contributed by atoms with E-state index >= 15 is 0 Å². The largest absolute Gasteiger partial charge is 0.481 e. The molecule has 0 atom stereocenters. The minimum atomic E-state index is -1.10. The Morgan fingerprint density at radius 3 is 2.53 bits per heavy atom. The molecule has 98 valence electrons. The molecule has 2 aromatic carbocycles. The molecule has 0 aliphatic carbocycles. The van der Waals surface area contributed by atoms with E-state index in [0.717, 1.165) is 16.3 Å². The highest BCUT2D eigenvalue weighted by molar-refractivity contribution is 5.93. The van der Waals surface area contributed by atoms with Crippen molar-refractivity contribution in [2.24, 2.45) is 0 Å². The Morgan fingerprint density at radius 1 is 1.11 bits per heavy atom. The third-order valence-corrected chi connectivity index (χ3v) is 3.02. The van der Waals surface area contributed by atoms with Crippen molar-refractivity contribution in [3.05, 3.63) is 48.0 Å². The Hall–Kier alpha value is -2.36. The first-order valence-corrected chi connectivity index (χ1v) is 6.00. The van der Waals surface area contributed by atoms with Crippen LogP contribution in [0, 0.1) is 0 Å². The third-order valence-electron chi connectivity index (χ3n) is 3.02. The fourth-order valence-electron chi connectivity index (χ4n) is 2.04. The average Bonchev–Trinajstić information content (AvgIpc) is 2.38. The molecule has 0 saturated heterocycles. The number of rotatable bonds is 4. The Kier molecular flexibility index (Phi) is 3.80. The lowest BCUT2D eigenvalue weighted by Gasteiger charge is -2.17. The maximum Gasteiger partial charge on any atom is 0.312 e. The van der Waals surface area contributed by atoms with Gasteiger partial charge in [0, 0.05) is 13.6 Å². The molecule has 0 aliphatic heterocycles. The van der Waals surface area contributed by atoms with E-state index in [1.807, 2.05) is 42.5 Å². The molecule has 0 bridgehead atoms. The molecular formula is C15H15NO3. The summed E-state index contributed by atoms with van der Waals surface area (Å²) in [6.45, 7) is 0.410. The van der Waals surface area contributed by atoms with Gasteiger partial charge >= 0.3 is 5.97 Å². The van der Waals surface area contributed by atoms with E-state index in [1.54, 1.807) is 7.05 Å². The monoisotopic (exact) mass is 257 g/mol. The van der Waals surface area contributed by atoms with Crippen LogP contribution in [-0.4, -0.2) is 28.9 Å². The van der Waals surface area contributed by atoms with Crippen LogP contribution in [0.5, 0.6) is 0 Å². The second kappa shape index (κ2) is 5.52.